The first-order valence-electron chi connectivity index (χ1n) is 10.6. The van der Waals surface area contributed by atoms with E-state index in [1.165, 1.54) is 24.3 Å². The number of carbonyl (C=O) groups is 1. The van der Waals surface area contributed by atoms with E-state index in [1.807, 2.05) is 4.57 Å². The van der Waals surface area contributed by atoms with Crippen LogP contribution in [0.4, 0.5) is 14.5 Å². The van der Waals surface area contributed by atoms with Crippen molar-refractivity contribution in [3.63, 3.8) is 0 Å². The number of hydrogen-bond acceptors (Lipinski definition) is 5. The molecular weight excluding hydrogens is 468 g/mol. The Hall–Kier alpha value is -3.50. The van der Waals surface area contributed by atoms with Crippen LogP contribution < -0.4 is 10.1 Å². The van der Waals surface area contributed by atoms with Crippen molar-refractivity contribution < 1.29 is 23.4 Å². The SMILES string of the molecule is C[C@@H]1CC[C@@H](O)c2nc3cc(C(=O)Nc4ccc(OC(F)(F)Cl)cc4)cc(-c4ccn[nH]4)c3n21. The van der Waals surface area contributed by atoms with E-state index in [2.05, 4.69) is 32.2 Å². The molecule has 8 nitrogen and oxygen atoms in total. The van der Waals surface area contributed by atoms with Gasteiger partial charge >= 0.3 is 5.57 Å². The van der Waals surface area contributed by atoms with E-state index in [0.29, 0.717) is 34.7 Å². The molecule has 0 radical (unpaired) electrons. The Morgan fingerprint density at radius 1 is 1.26 bits per heavy atom. The molecule has 0 saturated heterocycles. The van der Waals surface area contributed by atoms with Gasteiger partial charge in [-0.25, -0.2) is 4.98 Å². The number of benzene rings is 2. The number of imidazole rings is 1. The zero-order valence-corrected chi connectivity index (χ0v) is 18.7. The molecule has 11 heteroatoms. The first-order chi connectivity index (χ1) is 16.2. The van der Waals surface area contributed by atoms with E-state index in [9.17, 15) is 18.7 Å². The van der Waals surface area contributed by atoms with Gasteiger partial charge in [0.05, 0.1) is 16.7 Å². The summed E-state index contributed by atoms with van der Waals surface area (Å²) in [7, 11) is 0. The summed E-state index contributed by atoms with van der Waals surface area (Å²) in [6.45, 7) is 2.07. The van der Waals surface area contributed by atoms with E-state index in [0.717, 1.165) is 17.5 Å². The van der Waals surface area contributed by atoms with Gasteiger partial charge in [-0.2, -0.15) is 5.10 Å². The van der Waals surface area contributed by atoms with Gasteiger partial charge in [0.25, 0.3) is 5.91 Å². The van der Waals surface area contributed by atoms with Crippen LogP contribution in [0.25, 0.3) is 22.3 Å². The fourth-order valence-corrected chi connectivity index (χ4v) is 4.36. The molecule has 0 fully saturated rings. The molecule has 5 rings (SSSR count). The number of H-pyrrole nitrogens is 1. The van der Waals surface area contributed by atoms with E-state index >= 15 is 0 Å². The fraction of sp³-hybridized carbons (Fsp3) is 0.261. The van der Waals surface area contributed by atoms with Crippen LogP contribution in [-0.4, -0.2) is 36.3 Å². The quantitative estimate of drug-likeness (QED) is 0.334. The molecule has 2 atom stereocenters. The Labute approximate surface area is 197 Å². The van der Waals surface area contributed by atoms with Gasteiger partial charge < -0.3 is 19.7 Å². The topological polar surface area (TPSA) is 105 Å². The number of anilines is 1. The maximum Gasteiger partial charge on any atom is 0.487 e. The largest absolute Gasteiger partial charge is 0.487 e. The minimum atomic E-state index is -3.82. The minimum Gasteiger partial charge on any atom is -0.420 e. The maximum atomic E-state index is 13.1. The predicted molar refractivity (Wildman–Crippen MR) is 122 cm³/mol. The van der Waals surface area contributed by atoms with Crippen LogP contribution in [0, 0.1) is 0 Å². The molecule has 1 aliphatic heterocycles. The number of nitrogens with one attached hydrogen (secondary N) is 2. The molecule has 2 aromatic heterocycles. The van der Waals surface area contributed by atoms with Gasteiger partial charge in [0.15, 0.2) is 0 Å². The summed E-state index contributed by atoms with van der Waals surface area (Å²) in [5, 5.41) is 20.2. The van der Waals surface area contributed by atoms with E-state index in [4.69, 9.17) is 11.6 Å². The molecule has 3 heterocycles. The summed E-state index contributed by atoms with van der Waals surface area (Å²) < 4.78 is 31.9. The van der Waals surface area contributed by atoms with Crippen LogP contribution in [0.1, 0.15) is 48.1 Å². The molecule has 0 aliphatic carbocycles. The Morgan fingerprint density at radius 2 is 2.03 bits per heavy atom. The van der Waals surface area contributed by atoms with Gasteiger partial charge in [-0.1, -0.05) is 0 Å². The number of carbonyl (C=O) groups excluding carboxylic acids is 1. The maximum absolute atomic E-state index is 13.1. The number of alkyl halides is 3. The summed E-state index contributed by atoms with van der Waals surface area (Å²) in [4.78, 5) is 17.7. The number of aromatic nitrogens is 4. The number of fused-ring (bicyclic) bond motifs is 3. The second-order valence-corrected chi connectivity index (χ2v) is 8.61. The highest BCUT2D eigenvalue weighted by Gasteiger charge is 2.30. The Kier molecular flexibility index (Phi) is 5.49. The monoisotopic (exact) mass is 487 g/mol. The van der Waals surface area contributed by atoms with Crippen molar-refractivity contribution in [3.8, 4) is 17.0 Å². The first kappa shape index (κ1) is 22.3. The van der Waals surface area contributed by atoms with Crippen LogP contribution in [0.5, 0.6) is 5.75 Å². The third-order valence-corrected chi connectivity index (χ3v) is 5.89. The normalized spacial score (nSPS) is 18.0. The smallest absolute Gasteiger partial charge is 0.420 e. The van der Waals surface area contributed by atoms with Crippen molar-refractivity contribution in [1.29, 1.82) is 0 Å². The summed E-state index contributed by atoms with van der Waals surface area (Å²) in [6.07, 6.45) is 2.36. The zero-order chi connectivity index (χ0) is 24.0. The molecule has 34 heavy (non-hydrogen) atoms. The van der Waals surface area contributed by atoms with Gasteiger partial charge in [-0.3, -0.25) is 9.89 Å². The van der Waals surface area contributed by atoms with Gasteiger partial charge in [0.2, 0.25) is 0 Å². The van der Waals surface area contributed by atoms with E-state index in [-0.39, 0.29) is 11.8 Å². The molecule has 4 aromatic rings. The molecule has 0 bridgehead atoms. The lowest BCUT2D eigenvalue weighted by Gasteiger charge is -2.26. The highest BCUT2D eigenvalue weighted by Crippen LogP contribution is 2.39. The first-order valence-corrected chi connectivity index (χ1v) is 11.0. The van der Waals surface area contributed by atoms with Crippen molar-refractivity contribution in [3.05, 3.63) is 60.0 Å². The molecule has 3 N–H and O–H groups in total. The highest BCUT2D eigenvalue weighted by atomic mass is 35.5. The van der Waals surface area contributed by atoms with Crippen molar-refractivity contribution in [1.82, 2.24) is 19.7 Å². The third-order valence-electron chi connectivity index (χ3n) is 5.81. The number of rotatable bonds is 5. The number of amides is 1. The van der Waals surface area contributed by atoms with Crippen molar-refractivity contribution >= 4 is 34.2 Å². The molecular formula is C23H20ClF2N5O3. The average Bonchev–Trinajstić information content (AvgIpc) is 3.45. The Bertz CT molecular complexity index is 1350. The van der Waals surface area contributed by atoms with E-state index in [1.54, 1.807) is 24.4 Å². The minimum absolute atomic E-state index is 0.130. The summed E-state index contributed by atoms with van der Waals surface area (Å²) in [5.74, 6) is 0.00884. The van der Waals surface area contributed by atoms with Crippen LogP contribution in [-0.2, 0) is 0 Å². The van der Waals surface area contributed by atoms with Gasteiger partial charge in [-0.05, 0) is 62.2 Å². The molecule has 2 aromatic carbocycles. The summed E-state index contributed by atoms with van der Waals surface area (Å²) in [6, 6.07) is 10.7. The molecule has 1 amide bonds. The van der Waals surface area contributed by atoms with Crippen molar-refractivity contribution in [2.45, 2.75) is 37.5 Å². The lowest BCUT2D eigenvalue weighted by molar-refractivity contribution is -0.0964. The summed E-state index contributed by atoms with van der Waals surface area (Å²) >= 11 is 4.78. The molecule has 176 valence electrons. The second kappa shape index (κ2) is 8.37. The fourth-order valence-electron chi connectivity index (χ4n) is 4.27. The number of ether oxygens (including phenoxy) is 1. The Morgan fingerprint density at radius 3 is 2.71 bits per heavy atom. The van der Waals surface area contributed by atoms with Gasteiger partial charge in [0.1, 0.15) is 17.7 Å². The third kappa shape index (κ3) is 4.22. The molecule has 0 spiro atoms. The second-order valence-electron chi connectivity index (χ2n) is 8.17. The predicted octanol–water partition coefficient (Wildman–Crippen LogP) is 5.23. The number of aliphatic hydroxyl groups is 1. The van der Waals surface area contributed by atoms with Gasteiger partial charge in [0, 0.05) is 40.7 Å². The van der Waals surface area contributed by atoms with E-state index < -0.39 is 17.6 Å². The average molecular weight is 488 g/mol. The van der Waals surface area contributed by atoms with Crippen molar-refractivity contribution in [2.75, 3.05) is 5.32 Å². The zero-order valence-electron chi connectivity index (χ0n) is 17.9. The lowest BCUT2D eigenvalue weighted by atomic mass is 10.0. The number of aromatic amines is 1. The number of hydrogen-bond donors (Lipinski definition) is 3. The lowest BCUT2D eigenvalue weighted by Crippen LogP contribution is -2.19. The van der Waals surface area contributed by atoms with Crippen LogP contribution in [0.2, 0.25) is 0 Å². The summed E-state index contributed by atoms with van der Waals surface area (Å²) in [5.41, 5.74) is -0.281. The van der Waals surface area contributed by atoms with Crippen molar-refractivity contribution in [2.24, 2.45) is 0 Å². The molecule has 0 unspecified atom stereocenters. The highest BCUT2D eigenvalue weighted by molar-refractivity contribution is 6.20. The van der Waals surface area contributed by atoms with Crippen LogP contribution >= 0.6 is 11.6 Å². The van der Waals surface area contributed by atoms with Crippen LogP contribution in [0.3, 0.4) is 0 Å². The number of aliphatic hydroxyl groups excluding tert-OH is 1. The standard InChI is InChI=1S/C23H20ClF2N5O3/c1-12-2-7-19(32)21-29-18-11-13(10-16(20(18)31(12)21)17-8-9-27-30-17)22(33)28-14-3-5-15(6-4-14)34-23(24,25)26/h3-6,8-12,19,32H,2,7H2,1H3,(H,27,30)(H,28,33)/t12-,19-/m1/s1. The number of halogens is 3. The number of nitrogens with zero attached hydrogens (tertiary/aromatic N) is 3. The van der Waals surface area contributed by atoms with Crippen LogP contribution in [0.15, 0.2) is 48.7 Å². The molecule has 1 aliphatic rings. The Balaban J connectivity index is 1.52. The molecule has 0 saturated carbocycles. The van der Waals surface area contributed by atoms with Gasteiger partial charge in [-0.15, -0.1) is 8.78 Å².